The lowest BCUT2D eigenvalue weighted by molar-refractivity contribution is 0.317. The number of aromatic nitrogens is 5. The molecule has 0 aliphatic carbocycles. The topological polar surface area (TPSA) is 74.3 Å². The zero-order valence-electron chi connectivity index (χ0n) is 22.0. The smallest absolute Gasteiger partial charge is 0.291 e. The number of benzene rings is 3. The van der Waals surface area contributed by atoms with Gasteiger partial charge in [-0.25, -0.2) is 4.68 Å². The Morgan fingerprint density at radius 1 is 0.974 bits per heavy atom. The highest BCUT2D eigenvalue weighted by atomic mass is 32.1. The van der Waals surface area contributed by atoms with Crippen molar-refractivity contribution >= 4 is 22.4 Å². The van der Waals surface area contributed by atoms with Gasteiger partial charge < -0.3 is 4.74 Å². The van der Waals surface area contributed by atoms with Crippen LogP contribution in [0.5, 0.6) is 5.75 Å². The lowest BCUT2D eigenvalue weighted by Gasteiger charge is -2.09. The molecule has 0 unspecified atom stereocenters. The molecule has 7 nitrogen and oxygen atoms in total. The summed E-state index contributed by atoms with van der Waals surface area (Å²) in [5, 5.41) is 9.45. The van der Waals surface area contributed by atoms with Gasteiger partial charge >= 0.3 is 0 Å². The van der Waals surface area contributed by atoms with E-state index in [9.17, 15) is 4.79 Å². The van der Waals surface area contributed by atoms with E-state index in [4.69, 9.17) is 9.84 Å². The molecule has 194 valence electrons. The molecule has 8 heteroatoms. The molecule has 0 aliphatic heterocycles. The Hall–Kier alpha value is -4.56. The van der Waals surface area contributed by atoms with Crippen LogP contribution in [0.4, 0.5) is 0 Å². The van der Waals surface area contributed by atoms with Crippen LogP contribution in [-0.4, -0.2) is 31.0 Å². The summed E-state index contributed by atoms with van der Waals surface area (Å²) in [7, 11) is 0. The zero-order valence-corrected chi connectivity index (χ0v) is 22.8. The Bertz CT molecular complexity index is 1890. The van der Waals surface area contributed by atoms with Crippen molar-refractivity contribution in [2.24, 2.45) is 0 Å². The van der Waals surface area contributed by atoms with E-state index in [1.165, 1.54) is 15.9 Å². The molecule has 39 heavy (non-hydrogen) atoms. The van der Waals surface area contributed by atoms with Crippen LogP contribution in [0, 0.1) is 13.8 Å². The number of thiazole rings is 1. The predicted molar refractivity (Wildman–Crippen MR) is 156 cm³/mol. The first-order valence-corrected chi connectivity index (χ1v) is 13.7. The number of fused-ring (bicyclic) bond motifs is 1. The normalized spacial score (nSPS) is 11.9. The van der Waals surface area contributed by atoms with Crippen molar-refractivity contribution < 1.29 is 4.74 Å². The maximum atomic E-state index is 13.4. The molecule has 0 N–H and O–H groups in total. The summed E-state index contributed by atoms with van der Waals surface area (Å²) in [6.07, 6.45) is 4.79. The average Bonchev–Trinajstić information content (AvgIpc) is 3.64. The van der Waals surface area contributed by atoms with Gasteiger partial charge in [0.2, 0.25) is 4.96 Å². The second kappa shape index (κ2) is 10.3. The Kier molecular flexibility index (Phi) is 6.54. The predicted octanol–water partition coefficient (Wildman–Crippen LogP) is 5.62. The number of nitrogens with zero attached hydrogens (tertiary/aromatic N) is 5. The van der Waals surface area contributed by atoms with E-state index in [0.29, 0.717) is 21.9 Å². The minimum atomic E-state index is -0.195. The number of rotatable bonds is 7. The van der Waals surface area contributed by atoms with Gasteiger partial charge in [-0.2, -0.15) is 14.6 Å². The van der Waals surface area contributed by atoms with E-state index >= 15 is 0 Å². The highest BCUT2D eigenvalue weighted by Crippen LogP contribution is 2.30. The molecule has 3 aromatic heterocycles. The number of aryl methyl sites for hydroxylation is 2. The molecule has 0 amide bonds. The molecule has 3 heterocycles. The number of para-hydroxylation sites is 1. The first kappa shape index (κ1) is 24.8. The van der Waals surface area contributed by atoms with Crippen LogP contribution in [0.2, 0.25) is 0 Å². The summed E-state index contributed by atoms with van der Waals surface area (Å²) in [5.41, 5.74) is 6.44. The summed E-state index contributed by atoms with van der Waals surface area (Å²) in [6, 6.07) is 23.9. The van der Waals surface area contributed by atoms with Gasteiger partial charge in [-0.15, -0.1) is 5.10 Å². The molecule has 0 radical (unpaired) electrons. The minimum Gasteiger partial charge on any atom is -0.494 e. The molecule has 0 spiro atoms. The Morgan fingerprint density at radius 3 is 2.49 bits per heavy atom. The Balaban J connectivity index is 1.46. The SMILES string of the molecule is CCCOc1ccc(-c2nn(-c3ccccc3)cc2C=c2sc3nc(-c4ccc(C)cc4)nn3c2=O)c(C)c1. The molecule has 0 saturated heterocycles. The lowest BCUT2D eigenvalue weighted by Crippen LogP contribution is -2.23. The summed E-state index contributed by atoms with van der Waals surface area (Å²) >= 11 is 1.33. The van der Waals surface area contributed by atoms with Crippen molar-refractivity contribution in [1.82, 2.24) is 24.4 Å². The van der Waals surface area contributed by atoms with Crippen molar-refractivity contribution in [1.29, 1.82) is 0 Å². The molecular weight excluding hydrogens is 506 g/mol. The molecule has 0 aliphatic rings. The van der Waals surface area contributed by atoms with E-state index in [-0.39, 0.29) is 5.56 Å². The maximum absolute atomic E-state index is 13.4. The Labute approximate surface area is 229 Å². The van der Waals surface area contributed by atoms with Crippen LogP contribution < -0.4 is 14.8 Å². The lowest BCUT2D eigenvalue weighted by atomic mass is 10.0. The largest absolute Gasteiger partial charge is 0.494 e. The van der Waals surface area contributed by atoms with Gasteiger partial charge in [0.25, 0.3) is 5.56 Å². The van der Waals surface area contributed by atoms with Gasteiger partial charge in [0.15, 0.2) is 5.82 Å². The zero-order chi connectivity index (χ0) is 26.9. The second-order valence-electron chi connectivity index (χ2n) is 9.45. The quantitative estimate of drug-likeness (QED) is 0.266. The molecular formula is C31H27N5O2S. The van der Waals surface area contributed by atoms with Crippen LogP contribution in [0.1, 0.15) is 30.0 Å². The standard InChI is InChI=1S/C31H27N5O2S/c1-4-16-38-25-14-15-26(21(3)17-25)28-23(19-35(33-28)24-8-6-5-7-9-24)18-27-30(37)36-31(39-27)32-29(34-36)22-12-10-20(2)11-13-22/h5-15,17-19H,4,16H2,1-3H3. The van der Waals surface area contributed by atoms with Crippen LogP contribution >= 0.6 is 11.3 Å². The number of hydrogen-bond donors (Lipinski definition) is 0. The van der Waals surface area contributed by atoms with Gasteiger partial charge in [0.1, 0.15) is 11.4 Å². The highest BCUT2D eigenvalue weighted by molar-refractivity contribution is 7.15. The Morgan fingerprint density at radius 2 is 1.77 bits per heavy atom. The monoisotopic (exact) mass is 533 g/mol. The molecule has 0 bridgehead atoms. The van der Waals surface area contributed by atoms with E-state index in [0.717, 1.165) is 51.4 Å². The summed E-state index contributed by atoms with van der Waals surface area (Å²) in [6.45, 7) is 6.84. The number of hydrogen-bond acceptors (Lipinski definition) is 6. The van der Waals surface area contributed by atoms with E-state index < -0.39 is 0 Å². The van der Waals surface area contributed by atoms with E-state index in [1.807, 2.05) is 104 Å². The van der Waals surface area contributed by atoms with Crippen LogP contribution in [-0.2, 0) is 0 Å². The van der Waals surface area contributed by atoms with Crippen molar-refractivity contribution in [2.45, 2.75) is 27.2 Å². The first-order valence-electron chi connectivity index (χ1n) is 12.9. The molecule has 0 fully saturated rings. The van der Waals surface area contributed by atoms with Gasteiger partial charge in [0.05, 0.1) is 16.8 Å². The highest BCUT2D eigenvalue weighted by Gasteiger charge is 2.16. The van der Waals surface area contributed by atoms with Gasteiger partial charge in [0, 0.05) is 22.9 Å². The molecule has 0 saturated carbocycles. The summed E-state index contributed by atoms with van der Waals surface area (Å²) in [4.78, 5) is 18.6. The number of ether oxygens (including phenoxy) is 1. The third-order valence-electron chi connectivity index (χ3n) is 6.47. The minimum absolute atomic E-state index is 0.195. The van der Waals surface area contributed by atoms with Crippen LogP contribution in [0.25, 0.3) is 39.4 Å². The van der Waals surface area contributed by atoms with Crippen LogP contribution in [0.3, 0.4) is 0 Å². The molecule has 6 aromatic rings. The summed E-state index contributed by atoms with van der Waals surface area (Å²) in [5.74, 6) is 1.38. The molecule has 3 aromatic carbocycles. The third kappa shape index (κ3) is 4.86. The average molecular weight is 534 g/mol. The van der Waals surface area contributed by atoms with Crippen LogP contribution in [0.15, 0.2) is 83.8 Å². The van der Waals surface area contributed by atoms with Gasteiger partial charge in [-0.3, -0.25) is 4.79 Å². The van der Waals surface area contributed by atoms with E-state index in [2.05, 4.69) is 17.0 Å². The van der Waals surface area contributed by atoms with Crippen molar-refractivity contribution in [3.63, 3.8) is 0 Å². The van der Waals surface area contributed by atoms with Crippen molar-refractivity contribution in [3.05, 3.63) is 111 Å². The van der Waals surface area contributed by atoms with Crippen molar-refractivity contribution in [3.8, 4) is 34.1 Å². The fraction of sp³-hybridized carbons (Fsp3) is 0.161. The van der Waals surface area contributed by atoms with Gasteiger partial charge in [-0.1, -0.05) is 66.3 Å². The first-order chi connectivity index (χ1) is 19.0. The van der Waals surface area contributed by atoms with Crippen molar-refractivity contribution in [2.75, 3.05) is 6.61 Å². The maximum Gasteiger partial charge on any atom is 0.291 e. The fourth-order valence-electron chi connectivity index (χ4n) is 4.43. The van der Waals surface area contributed by atoms with Gasteiger partial charge in [-0.05, 0) is 62.2 Å². The second-order valence-corrected chi connectivity index (χ2v) is 10.5. The molecule has 0 atom stereocenters. The fourth-order valence-corrected chi connectivity index (χ4v) is 5.33. The van der Waals surface area contributed by atoms with E-state index in [1.54, 1.807) is 0 Å². The molecule has 6 rings (SSSR count). The summed E-state index contributed by atoms with van der Waals surface area (Å²) < 4.78 is 9.61. The third-order valence-corrected chi connectivity index (χ3v) is 7.43.